The number of nitrogens with zero attached hydrogens (tertiary/aromatic N) is 2. The Labute approximate surface area is 188 Å². The Morgan fingerprint density at radius 2 is 1.88 bits per heavy atom. The van der Waals surface area contributed by atoms with Gasteiger partial charge in [-0.1, -0.05) is 53.2 Å². The Hall–Kier alpha value is -2.52. The predicted molar refractivity (Wildman–Crippen MR) is 120 cm³/mol. The molecule has 2 aromatic carbocycles. The summed E-state index contributed by atoms with van der Waals surface area (Å²) in [7, 11) is -3.52. The minimum Gasteiger partial charge on any atom is -0.371 e. The fraction of sp³-hybridized carbons (Fsp3) is 0.375. The molecule has 3 aromatic rings. The van der Waals surface area contributed by atoms with E-state index in [4.69, 9.17) is 9.26 Å². The van der Waals surface area contributed by atoms with E-state index in [1.807, 2.05) is 43.3 Å². The number of likely N-dealkylation sites (tertiary alicyclic amines) is 1. The summed E-state index contributed by atoms with van der Waals surface area (Å²) in [5, 5.41) is 4.22. The van der Waals surface area contributed by atoms with E-state index in [0.29, 0.717) is 12.6 Å². The van der Waals surface area contributed by atoms with Crippen LogP contribution in [0.25, 0.3) is 11.3 Å². The van der Waals surface area contributed by atoms with Gasteiger partial charge in [0.05, 0.1) is 22.8 Å². The van der Waals surface area contributed by atoms with Crippen molar-refractivity contribution in [3.8, 4) is 11.3 Å². The van der Waals surface area contributed by atoms with Gasteiger partial charge in [0.25, 0.3) is 0 Å². The van der Waals surface area contributed by atoms with Crippen LogP contribution in [0, 0.1) is 6.92 Å². The van der Waals surface area contributed by atoms with Crippen LogP contribution in [0.1, 0.15) is 24.1 Å². The van der Waals surface area contributed by atoms with Crippen molar-refractivity contribution in [1.29, 1.82) is 0 Å². The summed E-state index contributed by atoms with van der Waals surface area (Å²) in [5.74, 6) is 0.776. The van der Waals surface area contributed by atoms with Crippen LogP contribution in [0.4, 0.5) is 0 Å². The number of nitrogens with one attached hydrogen (secondary N) is 1. The first-order valence-corrected chi connectivity index (χ1v) is 12.4. The van der Waals surface area contributed by atoms with Crippen LogP contribution in [0.2, 0.25) is 0 Å². The van der Waals surface area contributed by atoms with Crippen molar-refractivity contribution in [3.05, 3.63) is 71.9 Å². The zero-order valence-electron chi connectivity index (χ0n) is 18.0. The number of rotatable bonds is 7. The molecule has 3 heterocycles. The van der Waals surface area contributed by atoms with E-state index in [0.717, 1.165) is 48.5 Å². The molecule has 2 saturated heterocycles. The van der Waals surface area contributed by atoms with Crippen LogP contribution in [-0.4, -0.2) is 49.8 Å². The van der Waals surface area contributed by atoms with Gasteiger partial charge in [-0.15, -0.1) is 0 Å². The summed E-state index contributed by atoms with van der Waals surface area (Å²) in [6.07, 6.45) is 1.83. The zero-order chi connectivity index (χ0) is 22.1. The monoisotopic (exact) mass is 453 g/mol. The molecule has 2 aliphatic heterocycles. The zero-order valence-corrected chi connectivity index (χ0v) is 18.8. The summed E-state index contributed by atoms with van der Waals surface area (Å²) in [4.78, 5) is 2.64. The highest BCUT2D eigenvalue weighted by Gasteiger charge is 2.44. The van der Waals surface area contributed by atoms with Gasteiger partial charge in [-0.05, 0) is 31.9 Å². The van der Waals surface area contributed by atoms with Crippen LogP contribution in [0.15, 0.2) is 70.1 Å². The second kappa shape index (κ2) is 8.78. The first-order chi connectivity index (χ1) is 15.5. The van der Waals surface area contributed by atoms with Gasteiger partial charge in [-0.2, -0.15) is 0 Å². The Kier molecular flexibility index (Phi) is 5.86. The number of ether oxygens (including phenoxy) is 1. The lowest BCUT2D eigenvalue weighted by molar-refractivity contribution is -0.168. The molecule has 0 unspecified atom stereocenters. The van der Waals surface area contributed by atoms with Crippen LogP contribution < -0.4 is 4.72 Å². The Morgan fingerprint density at radius 3 is 2.62 bits per heavy atom. The highest BCUT2D eigenvalue weighted by Crippen LogP contribution is 2.33. The number of fused-ring (bicyclic) bond motifs is 1. The van der Waals surface area contributed by atoms with Gasteiger partial charge in [0.2, 0.25) is 10.0 Å². The van der Waals surface area contributed by atoms with Gasteiger partial charge < -0.3 is 9.26 Å². The molecule has 0 spiro atoms. The average molecular weight is 454 g/mol. The summed E-state index contributed by atoms with van der Waals surface area (Å²) < 4.78 is 39.4. The van der Waals surface area contributed by atoms with Crippen molar-refractivity contribution in [2.45, 2.75) is 49.5 Å². The van der Waals surface area contributed by atoms with E-state index in [9.17, 15) is 8.42 Å². The van der Waals surface area contributed by atoms with Gasteiger partial charge in [0.1, 0.15) is 0 Å². The van der Waals surface area contributed by atoms with Crippen LogP contribution >= 0.6 is 0 Å². The Morgan fingerprint density at radius 1 is 1.09 bits per heavy atom. The van der Waals surface area contributed by atoms with Crippen molar-refractivity contribution in [2.24, 2.45) is 0 Å². The molecule has 1 N–H and O–H groups in total. The quantitative estimate of drug-likeness (QED) is 0.591. The molecule has 168 valence electrons. The molecular weight excluding hydrogens is 426 g/mol. The third-order valence-corrected chi connectivity index (χ3v) is 7.72. The molecule has 1 aromatic heterocycles. The van der Waals surface area contributed by atoms with Crippen molar-refractivity contribution in [2.75, 3.05) is 13.1 Å². The van der Waals surface area contributed by atoms with Gasteiger partial charge >= 0.3 is 0 Å². The largest absolute Gasteiger partial charge is 0.371 e. The van der Waals surface area contributed by atoms with Crippen molar-refractivity contribution < 1.29 is 17.7 Å². The number of hydrogen-bond acceptors (Lipinski definition) is 6. The Balaban J connectivity index is 1.11. The van der Waals surface area contributed by atoms with Gasteiger partial charge in [-0.25, -0.2) is 13.1 Å². The van der Waals surface area contributed by atoms with Crippen molar-refractivity contribution in [1.82, 2.24) is 14.8 Å². The second-order valence-electron chi connectivity index (χ2n) is 8.58. The van der Waals surface area contributed by atoms with E-state index in [1.54, 1.807) is 24.3 Å². The number of sulfonamides is 1. The molecule has 7 nitrogen and oxygen atoms in total. The standard InChI is InChI=1S/C24H27N3O4S/c1-17-7-10-21(11-8-17)32(28,29)25-14-20-9-12-22-24(30-20)16-27(22)15-19-13-23(31-26-19)18-5-3-2-4-6-18/h2-8,10-11,13,20,22,24-25H,9,12,14-16H2,1H3/t20-,22-,24-/m1/s1. The highest BCUT2D eigenvalue weighted by molar-refractivity contribution is 7.89. The van der Waals surface area contributed by atoms with E-state index in [-0.39, 0.29) is 17.1 Å². The van der Waals surface area contributed by atoms with Gasteiger partial charge in [-0.3, -0.25) is 4.90 Å². The maximum atomic E-state index is 12.5. The molecule has 5 rings (SSSR count). The smallest absolute Gasteiger partial charge is 0.240 e. The summed E-state index contributed by atoms with van der Waals surface area (Å²) in [6, 6.07) is 19.2. The Bertz CT molecular complexity index is 1160. The molecule has 32 heavy (non-hydrogen) atoms. The molecule has 3 atom stereocenters. The van der Waals surface area contributed by atoms with Crippen molar-refractivity contribution in [3.63, 3.8) is 0 Å². The van der Waals surface area contributed by atoms with E-state index in [1.165, 1.54) is 0 Å². The minimum atomic E-state index is -3.52. The minimum absolute atomic E-state index is 0.102. The first kappa shape index (κ1) is 21.3. The second-order valence-corrected chi connectivity index (χ2v) is 10.4. The van der Waals surface area contributed by atoms with Crippen LogP contribution in [0.5, 0.6) is 0 Å². The SMILES string of the molecule is Cc1ccc(S(=O)(=O)NC[C@H]2CC[C@@H]3[C@@H](CN3Cc3cc(-c4ccccc4)on3)O2)cc1. The van der Waals surface area contributed by atoms with Crippen LogP contribution in [-0.2, 0) is 21.3 Å². The molecule has 0 aliphatic carbocycles. The summed E-state index contributed by atoms with van der Waals surface area (Å²) in [5.41, 5.74) is 2.96. The normalized spacial score (nSPS) is 23.5. The molecule has 2 aliphatic rings. The van der Waals surface area contributed by atoms with E-state index >= 15 is 0 Å². The van der Waals surface area contributed by atoms with Gasteiger partial charge in [0.15, 0.2) is 5.76 Å². The number of aromatic nitrogens is 1. The fourth-order valence-electron chi connectivity index (χ4n) is 4.43. The third kappa shape index (κ3) is 4.49. The number of benzene rings is 2. The molecule has 2 fully saturated rings. The molecule has 8 heteroatoms. The predicted octanol–water partition coefficient (Wildman–Crippen LogP) is 3.36. The van der Waals surface area contributed by atoms with E-state index in [2.05, 4.69) is 14.8 Å². The van der Waals surface area contributed by atoms with Gasteiger partial charge in [0, 0.05) is 37.3 Å². The molecule has 0 bridgehead atoms. The number of aryl methyl sites for hydroxylation is 1. The lowest BCUT2D eigenvalue weighted by atomic mass is 9.89. The highest BCUT2D eigenvalue weighted by atomic mass is 32.2. The number of hydrogen-bond donors (Lipinski definition) is 1. The topological polar surface area (TPSA) is 84.7 Å². The first-order valence-electron chi connectivity index (χ1n) is 10.9. The summed E-state index contributed by atoms with van der Waals surface area (Å²) >= 11 is 0. The third-order valence-electron chi connectivity index (χ3n) is 6.28. The van der Waals surface area contributed by atoms with E-state index < -0.39 is 10.0 Å². The fourth-order valence-corrected chi connectivity index (χ4v) is 5.49. The van der Waals surface area contributed by atoms with Crippen LogP contribution in [0.3, 0.4) is 0 Å². The molecule has 0 radical (unpaired) electrons. The average Bonchev–Trinajstić information content (AvgIpc) is 3.26. The lowest BCUT2D eigenvalue weighted by Crippen LogP contribution is -2.64. The van der Waals surface area contributed by atoms with Crippen molar-refractivity contribution >= 4 is 10.0 Å². The summed E-state index contributed by atoms with van der Waals surface area (Å²) in [6.45, 7) is 3.77. The lowest BCUT2D eigenvalue weighted by Gasteiger charge is -2.52. The molecule has 0 amide bonds. The maximum Gasteiger partial charge on any atom is 0.240 e. The maximum absolute atomic E-state index is 12.5. The molecular formula is C24H27N3O4S. The molecule has 0 saturated carbocycles.